The van der Waals surface area contributed by atoms with Gasteiger partial charge < -0.3 is 5.32 Å². The van der Waals surface area contributed by atoms with Gasteiger partial charge in [-0.2, -0.15) is 9.61 Å². The van der Waals surface area contributed by atoms with E-state index >= 15 is 0 Å². The Morgan fingerprint density at radius 2 is 1.79 bits per heavy atom. The summed E-state index contributed by atoms with van der Waals surface area (Å²) in [6.07, 6.45) is 0. The van der Waals surface area contributed by atoms with E-state index in [1.807, 2.05) is 0 Å². The summed E-state index contributed by atoms with van der Waals surface area (Å²) in [7, 11) is 0. The number of nitrogens with zero attached hydrogens (tertiary/aromatic N) is 4. The Labute approximate surface area is 162 Å². The van der Waals surface area contributed by atoms with E-state index < -0.39 is 5.82 Å². The molecule has 0 bridgehead atoms. The van der Waals surface area contributed by atoms with Crippen LogP contribution >= 0.6 is 11.8 Å². The normalized spacial score (nSPS) is 10.9. The minimum atomic E-state index is -0.492. The van der Waals surface area contributed by atoms with Crippen LogP contribution in [-0.4, -0.2) is 31.5 Å². The average Bonchev–Trinajstić information content (AvgIpc) is 3.12. The number of aromatic nitrogens is 4. The number of carbonyl (C=O) groups excluding carboxylic acids is 1. The monoisotopic (exact) mass is 397 g/mol. The first-order valence-electron chi connectivity index (χ1n) is 8.26. The molecule has 0 unspecified atom stereocenters. The molecule has 0 aliphatic rings. The third-order valence-corrected chi connectivity index (χ3v) is 4.76. The summed E-state index contributed by atoms with van der Waals surface area (Å²) in [5, 5.41) is 15.7. The number of carbonyl (C=O) groups is 1. The number of hydrogen-bond donors (Lipinski definition) is 1. The zero-order valence-corrected chi connectivity index (χ0v) is 15.2. The van der Waals surface area contributed by atoms with Crippen molar-refractivity contribution in [3.8, 4) is 11.4 Å². The zero-order valence-electron chi connectivity index (χ0n) is 14.3. The van der Waals surface area contributed by atoms with E-state index in [9.17, 15) is 13.6 Å². The van der Waals surface area contributed by atoms with Gasteiger partial charge in [0.2, 0.25) is 5.91 Å². The molecule has 0 saturated carbocycles. The van der Waals surface area contributed by atoms with Crippen molar-refractivity contribution >= 4 is 29.0 Å². The van der Waals surface area contributed by atoms with Crippen LogP contribution in [0.4, 0.5) is 14.5 Å². The number of benzene rings is 2. The lowest BCUT2D eigenvalue weighted by Gasteiger charge is -2.06. The van der Waals surface area contributed by atoms with Gasteiger partial charge in [-0.25, -0.2) is 8.78 Å². The molecular weight excluding hydrogens is 384 g/mol. The topological polar surface area (TPSA) is 72.2 Å². The Bertz CT molecular complexity index is 1150. The van der Waals surface area contributed by atoms with Crippen molar-refractivity contribution in [2.75, 3.05) is 11.1 Å². The van der Waals surface area contributed by atoms with Crippen molar-refractivity contribution in [2.24, 2.45) is 0 Å². The van der Waals surface area contributed by atoms with Crippen molar-refractivity contribution in [1.29, 1.82) is 0 Å². The Balaban J connectivity index is 1.50. The lowest BCUT2D eigenvalue weighted by atomic mass is 10.2. The maximum atomic E-state index is 13.6. The number of nitrogens with one attached hydrogen (secondary N) is 1. The largest absolute Gasteiger partial charge is 0.323 e. The van der Waals surface area contributed by atoms with Crippen molar-refractivity contribution in [1.82, 2.24) is 19.8 Å². The number of hydrogen-bond acceptors (Lipinski definition) is 5. The van der Waals surface area contributed by atoms with E-state index in [0.29, 0.717) is 22.1 Å². The molecule has 2 aromatic carbocycles. The van der Waals surface area contributed by atoms with Gasteiger partial charge in [0, 0.05) is 5.56 Å². The predicted molar refractivity (Wildman–Crippen MR) is 102 cm³/mol. The molecule has 0 saturated heterocycles. The molecule has 0 aliphatic carbocycles. The molecule has 0 aliphatic heterocycles. The number of fused-ring (bicyclic) bond motifs is 1. The van der Waals surface area contributed by atoms with Gasteiger partial charge >= 0.3 is 0 Å². The van der Waals surface area contributed by atoms with Crippen LogP contribution in [0.2, 0.25) is 0 Å². The summed E-state index contributed by atoms with van der Waals surface area (Å²) in [5.74, 6) is -0.662. The van der Waals surface area contributed by atoms with Gasteiger partial charge in [0.05, 0.1) is 11.4 Å². The van der Waals surface area contributed by atoms with Crippen molar-refractivity contribution in [3.05, 3.63) is 72.3 Å². The van der Waals surface area contributed by atoms with Crippen LogP contribution in [0.5, 0.6) is 0 Å². The number of rotatable bonds is 5. The summed E-state index contributed by atoms with van der Waals surface area (Å²) < 4.78 is 28.3. The maximum Gasteiger partial charge on any atom is 0.234 e. The molecule has 2 aromatic heterocycles. The van der Waals surface area contributed by atoms with Gasteiger partial charge in [-0.05, 0) is 48.5 Å². The van der Waals surface area contributed by atoms with Crippen molar-refractivity contribution in [3.63, 3.8) is 0 Å². The molecule has 2 heterocycles. The highest BCUT2D eigenvalue weighted by atomic mass is 32.2. The van der Waals surface area contributed by atoms with Gasteiger partial charge in [-0.1, -0.05) is 23.9 Å². The van der Waals surface area contributed by atoms with Gasteiger partial charge in [-0.3, -0.25) is 4.79 Å². The van der Waals surface area contributed by atoms with Crippen LogP contribution in [0.15, 0.2) is 65.7 Å². The van der Waals surface area contributed by atoms with Gasteiger partial charge in [0.25, 0.3) is 0 Å². The molecule has 28 heavy (non-hydrogen) atoms. The molecule has 0 atom stereocenters. The SMILES string of the molecule is O=C(CSc1ccc2nnc(-c3ccc(F)cc3)n2n1)Nc1ccccc1F. The van der Waals surface area contributed by atoms with E-state index in [1.165, 1.54) is 40.5 Å². The second kappa shape index (κ2) is 7.73. The highest BCUT2D eigenvalue weighted by molar-refractivity contribution is 7.99. The first-order valence-corrected chi connectivity index (χ1v) is 9.24. The first-order chi connectivity index (χ1) is 13.6. The van der Waals surface area contributed by atoms with E-state index in [1.54, 1.807) is 36.4 Å². The minimum absolute atomic E-state index is 0.0564. The quantitative estimate of drug-likeness (QED) is 0.519. The highest BCUT2D eigenvalue weighted by Gasteiger charge is 2.12. The fraction of sp³-hybridized carbons (Fsp3) is 0.0526. The molecule has 140 valence electrons. The molecule has 1 amide bonds. The van der Waals surface area contributed by atoms with Gasteiger partial charge in [-0.15, -0.1) is 10.2 Å². The first kappa shape index (κ1) is 18.1. The van der Waals surface area contributed by atoms with Crippen LogP contribution in [0.3, 0.4) is 0 Å². The summed E-state index contributed by atoms with van der Waals surface area (Å²) in [6, 6.07) is 15.3. The Hall–Kier alpha value is -3.33. The minimum Gasteiger partial charge on any atom is -0.323 e. The molecule has 4 aromatic rings. The van der Waals surface area contributed by atoms with Gasteiger partial charge in [0.15, 0.2) is 11.5 Å². The summed E-state index contributed by atoms with van der Waals surface area (Å²) in [4.78, 5) is 12.1. The zero-order chi connectivity index (χ0) is 19.5. The lowest BCUT2D eigenvalue weighted by Crippen LogP contribution is -2.15. The third kappa shape index (κ3) is 3.84. The van der Waals surface area contributed by atoms with Crippen molar-refractivity contribution < 1.29 is 13.6 Å². The Morgan fingerprint density at radius 3 is 2.57 bits per heavy atom. The van der Waals surface area contributed by atoms with Gasteiger partial charge in [0.1, 0.15) is 16.7 Å². The standard InChI is InChI=1S/C19H13F2N5OS/c20-13-7-5-12(6-8-13)19-24-23-16-9-10-18(25-26(16)19)28-11-17(27)22-15-4-2-1-3-14(15)21/h1-10H,11H2,(H,22,27). The van der Waals surface area contributed by atoms with Crippen LogP contribution < -0.4 is 5.32 Å². The van der Waals surface area contributed by atoms with Crippen LogP contribution in [-0.2, 0) is 4.79 Å². The Kier molecular flexibility index (Phi) is 4.98. The molecule has 1 N–H and O–H groups in total. The summed E-state index contributed by atoms with van der Waals surface area (Å²) in [5.41, 5.74) is 1.33. The van der Waals surface area contributed by atoms with E-state index in [4.69, 9.17) is 0 Å². The molecule has 0 fully saturated rings. The second-order valence-corrected chi connectivity index (χ2v) is 6.78. The Morgan fingerprint density at radius 1 is 1.00 bits per heavy atom. The smallest absolute Gasteiger partial charge is 0.234 e. The second-order valence-electron chi connectivity index (χ2n) is 5.79. The predicted octanol–water partition coefficient (Wildman–Crippen LogP) is 3.80. The average molecular weight is 397 g/mol. The molecule has 6 nitrogen and oxygen atoms in total. The molecule has 0 radical (unpaired) electrons. The third-order valence-electron chi connectivity index (χ3n) is 3.84. The fourth-order valence-electron chi connectivity index (χ4n) is 2.52. The van der Waals surface area contributed by atoms with Crippen LogP contribution in [0, 0.1) is 11.6 Å². The molecular formula is C19H13F2N5OS. The number of halogens is 2. The number of anilines is 1. The maximum absolute atomic E-state index is 13.6. The number of thioether (sulfide) groups is 1. The van der Waals surface area contributed by atoms with Crippen molar-refractivity contribution in [2.45, 2.75) is 5.03 Å². The van der Waals surface area contributed by atoms with E-state index in [2.05, 4.69) is 20.6 Å². The molecule has 4 rings (SSSR count). The summed E-state index contributed by atoms with van der Waals surface area (Å²) in [6.45, 7) is 0. The summed E-state index contributed by atoms with van der Waals surface area (Å²) >= 11 is 1.20. The van der Waals surface area contributed by atoms with Crippen LogP contribution in [0.25, 0.3) is 17.0 Å². The highest BCUT2D eigenvalue weighted by Crippen LogP contribution is 2.21. The van der Waals surface area contributed by atoms with Crippen LogP contribution in [0.1, 0.15) is 0 Å². The number of para-hydroxylation sites is 1. The molecule has 9 heteroatoms. The molecule has 0 spiro atoms. The van der Waals surface area contributed by atoms with E-state index in [-0.39, 0.29) is 23.2 Å². The van der Waals surface area contributed by atoms with E-state index in [0.717, 1.165) is 0 Å². The number of amides is 1. The fourth-order valence-corrected chi connectivity index (χ4v) is 3.17. The lowest BCUT2D eigenvalue weighted by molar-refractivity contribution is -0.113.